The maximum absolute atomic E-state index is 4.93. The Hall–Kier alpha value is -0.850. The van der Waals surface area contributed by atoms with Crippen LogP contribution in [0, 0.1) is 0 Å². The second-order valence-electron chi connectivity index (χ2n) is 5.59. The van der Waals surface area contributed by atoms with E-state index in [4.69, 9.17) is 4.98 Å². The minimum absolute atomic E-state index is 0.546. The number of fused-ring (bicyclic) bond motifs is 1. The molecule has 1 aromatic rings. The van der Waals surface area contributed by atoms with Gasteiger partial charge in [-0.15, -0.1) is 0 Å². The molecule has 1 aromatic heterocycles. The molecular weight excluding hydrogens is 194 g/mol. The van der Waals surface area contributed by atoms with Crippen molar-refractivity contribution in [2.45, 2.75) is 65.2 Å². The molecule has 88 valence electrons. The van der Waals surface area contributed by atoms with Gasteiger partial charge in [-0.25, -0.2) is 0 Å². The molecule has 0 unspecified atom stereocenters. The summed E-state index contributed by atoms with van der Waals surface area (Å²) >= 11 is 0. The van der Waals surface area contributed by atoms with Crippen LogP contribution in [-0.4, -0.2) is 4.98 Å². The summed E-state index contributed by atoms with van der Waals surface area (Å²) in [6.45, 7) is 9.06. The van der Waals surface area contributed by atoms with E-state index in [-0.39, 0.29) is 0 Å². The number of hydrogen-bond donors (Lipinski definition) is 0. The first-order valence-corrected chi connectivity index (χ1v) is 6.62. The summed E-state index contributed by atoms with van der Waals surface area (Å²) < 4.78 is 0. The van der Waals surface area contributed by atoms with E-state index < -0.39 is 0 Å². The van der Waals surface area contributed by atoms with Crippen molar-refractivity contribution in [1.82, 2.24) is 4.98 Å². The summed E-state index contributed by atoms with van der Waals surface area (Å²) in [7, 11) is 0. The molecule has 0 radical (unpaired) electrons. The van der Waals surface area contributed by atoms with Crippen LogP contribution in [0.4, 0.5) is 0 Å². The van der Waals surface area contributed by atoms with Gasteiger partial charge in [0.25, 0.3) is 0 Å². The maximum Gasteiger partial charge on any atom is 0.0467 e. The number of aromatic nitrogens is 1. The van der Waals surface area contributed by atoms with E-state index in [1.165, 1.54) is 48.2 Å². The van der Waals surface area contributed by atoms with Crippen molar-refractivity contribution in [3.63, 3.8) is 0 Å². The summed E-state index contributed by atoms with van der Waals surface area (Å²) in [4.78, 5) is 4.93. The Labute approximate surface area is 99.3 Å². The summed E-state index contributed by atoms with van der Waals surface area (Å²) in [6, 6.07) is 2.43. The predicted molar refractivity (Wildman–Crippen MR) is 69.1 cm³/mol. The molecular formula is C15H23N. The third kappa shape index (κ3) is 2.14. The Bertz CT molecular complexity index is 340. The van der Waals surface area contributed by atoms with Crippen LogP contribution >= 0.6 is 0 Å². The second-order valence-corrected chi connectivity index (χ2v) is 5.59. The van der Waals surface area contributed by atoms with Gasteiger partial charge in [0.2, 0.25) is 0 Å². The van der Waals surface area contributed by atoms with Crippen LogP contribution in [0.25, 0.3) is 0 Å². The number of aryl methyl sites for hydroxylation is 2. The van der Waals surface area contributed by atoms with Gasteiger partial charge in [0.05, 0.1) is 0 Å². The minimum atomic E-state index is 0.546. The van der Waals surface area contributed by atoms with Gasteiger partial charge in [-0.3, -0.25) is 4.98 Å². The Kier molecular flexibility index (Phi) is 3.32. The number of nitrogens with zero attached hydrogens (tertiary/aromatic N) is 1. The molecule has 0 aliphatic heterocycles. The van der Waals surface area contributed by atoms with E-state index in [1.54, 1.807) is 0 Å². The Morgan fingerprint density at radius 1 is 1.00 bits per heavy atom. The monoisotopic (exact) mass is 217 g/mol. The molecule has 2 rings (SSSR count). The molecule has 0 saturated heterocycles. The summed E-state index contributed by atoms with van der Waals surface area (Å²) in [5, 5.41) is 0. The van der Waals surface area contributed by atoms with Gasteiger partial charge in [-0.2, -0.15) is 0 Å². The van der Waals surface area contributed by atoms with Crippen molar-refractivity contribution in [3.05, 3.63) is 28.6 Å². The highest BCUT2D eigenvalue weighted by atomic mass is 14.7. The highest BCUT2D eigenvalue weighted by molar-refractivity contribution is 5.35. The number of pyridine rings is 1. The average molecular weight is 217 g/mol. The molecule has 16 heavy (non-hydrogen) atoms. The van der Waals surface area contributed by atoms with Gasteiger partial charge < -0.3 is 0 Å². The molecule has 0 aromatic carbocycles. The number of hydrogen-bond acceptors (Lipinski definition) is 1. The lowest BCUT2D eigenvalue weighted by Gasteiger charge is -2.22. The molecule has 1 heteroatoms. The van der Waals surface area contributed by atoms with Gasteiger partial charge in [0.1, 0.15) is 0 Å². The molecule has 0 spiro atoms. The zero-order valence-corrected chi connectivity index (χ0v) is 11.0. The first-order chi connectivity index (χ1) is 7.59. The third-order valence-corrected chi connectivity index (χ3v) is 3.53. The molecule has 0 atom stereocenters. The molecule has 1 aliphatic carbocycles. The molecule has 1 heterocycles. The van der Waals surface area contributed by atoms with Crippen LogP contribution < -0.4 is 0 Å². The van der Waals surface area contributed by atoms with Gasteiger partial charge >= 0.3 is 0 Å². The van der Waals surface area contributed by atoms with Crippen LogP contribution in [0.1, 0.15) is 74.9 Å². The van der Waals surface area contributed by atoms with E-state index in [1.807, 2.05) is 0 Å². The lowest BCUT2D eigenvalue weighted by molar-refractivity contribution is 0.647. The van der Waals surface area contributed by atoms with Crippen LogP contribution in [0.5, 0.6) is 0 Å². The predicted octanol–water partition coefficient (Wildman–Crippen LogP) is 4.21. The molecule has 1 nitrogen and oxygen atoms in total. The first kappa shape index (κ1) is 11.6. The van der Waals surface area contributed by atoms with Crippen molar-refractivity contribution in [1.29, 1.82) is 0 Å². The van der Waals surface area contributed by atoms with Gasteiger partial charge in [-0.05, 0) is 48.6 Å². The minimum Gasteiger partial charge on any atom is -0.257 e. The zero-order chi connectivity index (χ0) is 11.7. The molecule has 0 bridgehead atoms. The normalized spacial score (nSPS) is 15.6. The standard InChI is InChI=1S/C15H23N/c1-10(2)13-9-12-7-5-6-8-14(12)16-15(13)11(3)4/h9-11H,5-8H2,1-4H3. The lowest BCUT2D eigenvalue weighted by Crippen LogP contribution is -2.11. The first-order valence-electron chi connectivity index (χ1n) is 6.62. The van der Waals surface area contributed by atoms with E-state index in [0.29, 0.717) is 11.8 Å². The van der Waals surface area contributed by atoms with Crippen molar-refractivity contribution in [3.8, 4) is 0 Å². The molecule has 1 aliphatic rings. The van der Waals surface area contributed by atoms with E-state index in [9.17, 15) is 0 Å². The summed E-state index contributed by atoms with van der Waals surface area (Å²) in [5.41, 5.74) is 5.69. The van der Waals surface area contributed by atoms with Crippen molar-refractivity contribution >= 4 is 0 Å². The molecule has 0 fully saturated rings. The van der Waals surface area contributed by atoms with Gasteiger partial charge in [-0.1, -0.05) is 33.8 Å². The third-order valence-electron chi connectivity index (χ3n) is 3.53. The fourth-order valence-corrected chi connectivity index (χ4v) is 2.59. The van der Waals surface area contributed by atoms with Crippen molar-refractivity contribution in [2.24, 2.45) is 0 Å². The van der Waals surface area contributed by atoms with Crippen LogP contribution in [0.2, 0.25) is 0 Å². The largest absolute Gasteiger partial charge is 0.257 e. The smallest absolute Gasteiger partial charge is 0.0467 e. The van der Waals surface area contributed by atoms with Gasteiger partial charge in [0.15, 0.2) is 0 Å². The quantitative estimate of drug-likeness (QED) is 0.723. The average Bonchev–Trinajstić information content (AvgIpc) is 2.27. The molecule has 0 amide bonds. The fraction of sp³-hybridized carbons (Fsp3) is 0.667. The van der Waals surface area contributed by atoms with Crippen LogP contribution in [0.3, 0.4) is 0 Å². The molecule has 0 saturated carbocycles. The second kappa shape index (κ2) is 4.57. The lowest BCUT2D eigenvalue weighted by atomic mass is 9.88. The van der Waals surface area contributed by atoms with Crippen molar-refractivity contribution in [2.75, 3.05) is 0 Å². The van der Waals surface area contributed by atoms with Crippen LogP contribution in [0.15, 0.2) is 6.07 Å². The molecule has 0 N–H and O–H groups in total. The Morgan fingerprint density at radius 2 is 1.69 bits per heavy atom. The van der Waals surface area contributed by atoms with E-state index >= 15 is 0 Å². The maximum atomic E-state index is 4.93. The fourth-order valence-electron chi connectivity index (χ4n) is 2.59. The van der Waals surface area contributed by atoms with E-state index in [0.717, 1.165) is 0 Å². The topological polar surface area (TPSA) is 12.9 Å². The SMILES string of the molecule is CC(C)c1cc2c(nc1C(C)C)CCCC2. The zero-order valence-electron chi connectivity index (χ0n) is 11.0. The summed E-state index contributed by atoms with van der Waals surface area (Å²) in [6.07, 6.45) is 5.08. The number of rotatable bonds is 2. The Balaban J connectivity index is 2.50. The van der Waals surface area contributed by atoms with Crippen molar-refractivity contribution < 1.29 is 0 Å². The van der Waals surface area contributed by atoms with E-state index in [2.05, 4.69) is 33.8 Å². The van der Waals surface area contributed by atoms with Gasteiger partial charge in [0, 0.05) is 11.4 Å². The summed E-state index contributed by atoms with van der Waals surface area (Å²) in [5.74, 6) is 1.14. The van der Waals surface area contributed by atoms with Crippen LogP contribution in [-0.2, 0) is 12.8 Å². The highest BCUT2D eigenvalue weighted by Crippen LogP contribution is 2.29. The highest BCUT2D eigenvalue weighted by Gasteiger charge is 2.18. The Morgan fingerprint density at radius 3 is 2.31 bits per heavy atom.